The van der Waals surface area contributed by atoms with Gasteiger partial charge in [0.1, 0.15) is 0 Å². The van der Waals surface area contributed by atoms with Gasteiger partial charge in [0.25, 0.3) is 0 Å². The van der Waals surface area contributed by atoms with Gasteiger partial charge in [-0.3, -0.25) is 0 Å². The van der Waals surface area contributed by atoms with Gasteiger partial charge in [-0.25, -0.2) is 0 Å². The summed E-state index contributed by atoms with van der Waals surface area (Å²) in [5.74, 6) is 0. The molecule has 2 aromatic rings. The van der Waals surface area contributed by atoms with E-state index in [2.05, 4.69) is 5.32 Å². The van der Waals surface area contributed by atoms with E-state index in [1.807, 2.05) is 26.0 Å². The molecule has 0 fully saturated rings. The van der Waals surface area contributed by atoms with Crippen LogP contribution in [0.2, 0.25) is 0 Å². The number of nitrogens with one attached hydrogen (secondary N) is 1. The molecule has 0 amide bonds. The summed E-state index contributed by atoms with van der Waals surface area (Å²) >= 11 is 0. The first-order valence-corrected chi connectivity index (χ1v) is 6.71. The van der Waals surface area contributed by atoms with Crippen molar-refractivity contribution in [3.05, 3.63) is 59.7 Å². The molecule has 114 valence electrons. The maximum Gasteiger partial charge on any atom is 0.416 e. The quantitative estimate of drug-likeness (QED) is 0.788. The van der Waals surface area contributed by atoms with E-state index < -0.39 is 11.7 Å². The zero-order valence-corrected chi connectivity index (χ0v) is 12.0. The Morgan fingerprint density at radius 2 is 1.62 bits per heavy atom. The number of rotatable bonds is 3. The van der Waals surface area contributed by atoms with Crippen LogP contribution in [0.15, 0.2) is 48.5 Å². The molecule has 0 spiro atoms. The molecule has 21 heavy (non-hydrogen) atoms. The topological polar surface area (TPSA) is 38.0 Å². The van der Waals surface area contributed by atoms with E-state index >= 15 is 0 Å². The van der Waals surface area contributed by atoms with Gasteiger partial charge in [-0.15, -0.1) is 0 Å². The van der Waals surface area contributed by atoms with Gasteiger partial charge in [0, 0.05) is 17.9 Å². The second-order valence-corrected chi connectivity index (χ2v) is 4.17. The standard InChI is InChI=1S/C14H13F3N2.C2H6/c15-14(16,17)11-2-1-3-13(8-11)19-9-10-4-6-12(18)7-5-10;1-2/h1-8,19H,9,18H2;1-2H3. The first kappa shape index (κ1) is 16.9. The molecule has 5 heteroatoms. The van der Waals surface area contributed by atoms with Crippen LogP contribution in [0, 0.1) is 0 Å². The lowest BCUT2D eigenvalue weighted by atomic mass is 10.1. The molecule has 0 atom stereocenters. The molecule has 0 aliphatic carbocycles. The Morgan fingerprint density at radius 1 is 1.00 bits per heavy atom. The fourth-order valence-corrected chi connectivity index (χ4v) is 1.65. The van der Waals surface area contributed by atoms with Crippen molar-refractivity contribution in [2.75, 3.05) is 11.1 Å². The lowest BCUT2D eigenvalue weighted by Gasteiger charge is -2.10. The van der Waals surface area contributed by atoms with Gasteiger partial charge in [-0.05, 0) is 35.9 Å². The van der Waals surface area contributed by atoms with Crippen LogP contribution in [0.25, 0.3) is 0 Å². The Hall–Kier alpha value is -2.17. The van der Waals surface area contributed by atoms with Gasteiger partial charge in [-0.2, -0.15) is 13.2 Å². The fourth-order valence-electron chi connectivity index (χ4n) is 1.65. The summed E-state index contributed by atoms with van der Waals surface area (Å²) in [4.78, 5) is 0. The predicted octanol–water partition coefficient (Wildman–Crippen LogP) is 4.93. The lowest BCUT2D eigenvalue weighted by molar-refractivity contribution is -0.137. The summed E-state index contributed by atoms with van der Waals surface area (Å²) in [6.07, 6.45) is -4.32. The molecule has 0 heterocycles. The Kier molecular flexibility index (Phi) is 6.09. The summed E-state index contributed by atoms with van der Waals surface area (Å²) in [6.45, 7) is 4.45. The fraction of sp³-hybridized carbons (Fsp3) is 0.250. The average Bonchev–Trinajstić information content (AvgIpc) is 2.48. The number of nitrogen functional groups attached to an aromatic ring is 1. The minimum atomic E-state index is -4.32. The van der Waals surface area contributed by atoms with Crippen LogP contribution < -0.4 is 11.1 Å². The van der Waals surface area contributed by atoms with Crippen molar-refractivity contribution in [1.82, 2.24) is 0 Å². The average molecular weight is 296 g/mol. The number of alkyl halides is 3. The molecule has 0 aliphatic heterocycles. The van der Waals surface area contributed by atoms with Gasteiger partial charge in [0.05, 0.1) is 5.56 Å². The van der Waals surface area contributed by atoms with Gasteiger partial charge in [0.2, 0.25) is 0 Å². The highest BCUT2D eigenvalue weighted by molar-refractivity contribution is 5.47. The van der Waals surface area contributed by atoms with Crippen molar-refractivity contribution in [2.45, 2.75) is 26.6 Å². The normalized spacial score (nSPS) is 10.5. The number of hydrogen-bond acceptors (Lipinski definition) is 2. The monoisotopic (exact) mass is 296 g/mol. The number of nitrogens with two attached hydrogens (primary N) is 1. The lowest BCUT2D eigenvalue weighted by Crippen LogP contribution is -2.06. The summed E-state index contributed by atoms with van der Waals surface area (Å²) in [6, 6.07) is 12.3. The number of benzene rings is 2. The molecule has 2 aromatic carbocycles. The zero-order valence-electron chi connectivity index (χ0n) is 12.0. The second kappa shape index (κ2) is 7.57. The first-order chi connectivity index (χ1) is 9.95. The highest BCUT2D eigenvalue weighted by atomic mass is 19.4. The van der Waals surface area contributed by atoms with Crippen molar-refractivity contribution >= 4 is 11.4 Å². The Morgan fingerprint density at radius 3 is 2.19 bits per heavy atom. The SMILES string of the molecule is CC.Nc1ccc(CNc2cccc(C(F)(F)F)c2)cc1. The van der Waals surface area contributed by atoms with Crippen LogP contribution in [0.5, 0.6) is 0 Å². The van der Waals surface area contributed by atoms with Crippen LogP contribution in [-0.4, -0.2) is 0 Å². The van der Waals surface area contributed by atoms with E-state index in [-0.39, 0.29) is 0 Å². The third-order valence-corrected chi connectivity index (χ3v) is 2.67. The van der Waals surface area contributed by atoms with Crippen LogP contribution in [0.1, 0.15) is 25.0 Å². The van der Waals surface area contributed by atoms with Crippen LogP contribution >= 0.6 is 0 Å². The molecule has 0 bridgehead atoms. The number of halogens is 3. The summed E-state index contributed by atoms with van der Waals surface area (Å²) in [5.41, 5.74) is 6.94. The molecule has 2 nitrogen and oxygen atoms in total. The van der Waals surface area contributed by atoms with E-state index in [4.69, 9.17) is 5.73 Å². The largest absolute Gasteiger partial charge is 0.416 e. The Balaban J connectivity index is 0.00000106. The van der Waals surface area contributed by atoms with Gasteiger partial charge in [-0.1, -0.05) is 32.0 Å². The Labute approximate surface area is 122 Å². The maximum atomic E-state index is 12.5. The molecular weight excluding hydrogens is 277 g/mol. The van der Waals surface area contributed by atoms with Gasteiger partial charge >= 0.3 is 6.18 Å². The number of anilines is 2. The molecule has 0 unspecified atom stereocenters. The van der Waals surface area contributed by atoms with Crippen molar-refractivity contribution in [3.63, 3.8) is 0 Å². The second-order valence-electron chi connectivity index (χ2n) is 4.17. The van der Waals surface area contributed by atoms with Gasteiger partial charge < -0.3 is 11.1 Å². The molecule has 0 aliphatic rings. The van der Waals surface area contributed by atoms with E-state index in [1.54, 1.807) is 18.2 Å². The van der Waals surface area contributed by atoms with E-state index in [0.29, 0.717) is 17.9 Å². The van der Waals surface area contributed by atoms with E-state index in [9.17, 15) is 13.2 Å². The third-order valence-electron chi connectivity index (χ3n) is 2.67. The predicted molar refractivity (Wildman–Crippen MR) is 81.0 cm³/mol. The van der Waals surface area contributed by atoms with Crippen LogP contribution in [0.3, 0.4) is 0 Å². The van der Waals surface area contributed by atoms with Crippen LogP contribution in [-0.2, 0) is 12.7 Å². The molecule has 0 radical (unpaired) electrons. The van der Waals surface area contributed by atoms with Crippen molar-refractivity contribution in [3.8, 4) is 0 Å². The summed E-state index contributed by atoms with van der Waals surface area (Å²) in [7, 11) is 0. The maximum absolute atomic E-state index is 12.5. The summed E-state index contributed by atoms with van der Waals surface area (Å²) in [5, 5.41) is 2.95. The molecule has 0 saturated carbocycles. The van der Waals surface area contributed by atoms with E-state index in [0.717, 1.165) is 17.7 Å². The van der Waals surface area contributed by atoms with Gasteiger partial charge in [0.15, 0.2) is 0 Å². The highest BCUT2D eigenvalue weighted by Gasteiger charge is 2.30. The third kappa shape index (κ3) is 5.38. The minimum Gasteiger partial charge on any atom is -0.399 e. The minimum absolute atomic E-state index is 0.437. The molecule has 2 rings (SSSR count). The van der Waals surface area contributed by atoms with E-state index in [1.165, 1.54) is 6.07 Å². The molecule has 3 N–H and O–H groups in total. The highest BCUT2D eigenvalue weighted by Crippen LogP contribution is 2.30. The number of hydrogen-bond donors (Lipinski definition) is 2. The zero-order chi connectivity index (χ0) is 15.9. The Bertz CT molecular complexity index is 548. The van der Waals surface area contributed by atoms with Crippen molar-refractivity contribution in [2.24, 2.45) is 0 Å². The molecular formula is C16H19F3N2. The van der Waals surface area contributed by atoms with Crippen molar-refractivity contribution in [1.29, 1.82) is 0 Å². The smallest absolute Gasteiger partial charge is 0.399 e. The van der Waals surface area contributed by atoms with Crippen molar-refractivity contribution < 1.29 is 13.2 Å². The molecule has 0 aromatic heterocycles. The molecule has 0 saturated heterocycles. The first-order valence-electron chi connectivity index (χ1n) is 6.71. The van der Waals surface area contributed by atoms with Crippen LogP contribution in [0.4, 0.5) is 24.5 Å². The summed E-state index contributed by atoms with van der Waals surface area (Å²) < 4.78 is 37.6.